The third-order valence-corrected chi connectivity index (χ3v) is 3.45. The zero-order chi connectivity index (χ0) is 12.9. The van der Waals surface area contributed by atoms with Crippen molar-refractivity contribution in [3.63, 3.8) is 0 Å². The number of fused-ring (bicyclic) bond motifs is 1. The number of carbonyl (C=O) groups excluding carboxylic acids is 2. The first-order valence-electron chi connectivity index (χ1n) is 5.76. The molecule has 0 spiro atoms. The minimum absolute atomic E-state index is 0.122. The van der Waals surface area contributed by atoms with E-state index in [0.29, 0.717) is 28.0 Å². The van der Waals surface area contributed by atoms with Crippen molar-refractivity contribution in [2.75, 3.05) is 13.7 Å². The third kappa shape index (κ3) is 1.29. The second kappa shape index (κ2) is 3.78. The summed E-state index contributed by atoms with van der Waals surface area (Å²) in [6, 6.07) is 5.06. The normalized spacial score (nSPS) is 22.0. The van der Waals surface area contributed by atoms with E-state index in [1.807, 2.05) is 0 Å². The van der Waals surface area contributed by atoms with E-state index in [1.54, 1.807) is 25.1 Å². The van der Waals surface area contributed by atoms with Crippen molar-refractivity contribution in [2.45, 2.75) is 13.0 Å². The van der Waals surface area contributed by atoms with E-state index >= 15 is 0 Å². The van der Waals surface area contributed by atoms with Gasteiger partial charge in [-0.1, -0.05) is 12.1 Å². The van der Waals surface area contributed by atoms with Crippen LogP contribution in [0.4, 0.5) is 0 Å². The topological polar surface area (TPSA) is 52.6 Å². The van der Waals surface area contributed by atoms with Crippen LogP contribution >= 0.6 is 0 Å². The van der Waals surface area contributed by atoms with E-state index < -0.39 is 0 Å². The van der Waals surface area contributed by atoms with Crippen LogP contribution in [0.1, 0.15) is 27.6 Å². The molecular formula is C14H12O4. The van der Waals surface area contributed by atoms with Crippen molar-refractivity contribution < 1.29 is 19.1 Å². The number of methoxy groups -OCH3 is 1. The smallest absolute Gasteiger partial charge is 0.196 e. The van der Waals surface area contributed by atoms with Crippen LogP contribution in [0.25, 0.3) is 0 Å². The van der Waals surface area contributed by atoms with Gasteiger partial charge in [0.1, 0.15) is 5.75 Å². The van der Waals surface area contributed by atoms with Gasteiger partial charge in [-0.05, 0) is 13.0 Å². The maximum absolute atomic E-state index is 12.5. The standard InChI is InChI=1S/C14H12O4/c1-7-11-9(6-18-7)13(15)8-4-3-5-10(17-2)12(8)14(11)16/h3-5,7H,6H2,1-2H3/t7-/m0/s1. The Balaban J connectivity index is 2.26. The Kier molecular flexibility index (Phi) is 2.35. The number of benzene rings is 1. The van der Waals surface area contributed by atoms with E-state index in [1.165, 1.54) is 7.11 Å². The molecule has 0 unspecified atom stereocenters. The number of ketones is 2. The lowest BCUT2D eigenvalue weighted by Crippen LogP contribution is -2.24. The summed E-state index contributed by atoms with van der Waals surface area (Å²) in [7, 11) is 1.49. The number of ether oxygens (including phenoxy) is 2. The Morgan fingerprint density at radius 3 is 2.78 bits per heavy atom. The predicted molar refractivity (Wildman–Crippen MR) is 64.1 cm³/mol. The molecule has 0 fully saturated rings. The van der Waals surface area contributed by atoms with E-state index in [2.05, 4.69) is 0 Å². The molecular weight excluding hydrogens is 232 g/mol. The first-order valence-corrected chi connectivity index (χ1v) is 5.76. The first-order chi connectivity index (χ1) is 8.65. The molecule has 2 aliphatic rings. The van der Waals surface area contributed by atoms with Crippen LogP contribution in [0.5, 0.6) is 5.75 Å². The lowest BCUT2D eigenvalue weighted by molar-refractivity contribution is 0.0958. The van der Waals surface area contributed by atoms with E-state index in [9.17, 15) is 9.59 Å². The monoisotopic (exact) mass is 244 g/mol. The summed E-state index contributed by atoms with van der Waals surface area (Å²) in [4.78, 5) is 24.8. The van der Waals surface area contributed by atoms with Crippen LogP contribution < -0.4 is 4.74 Å². The Hall–Kier alpha value is -1.94. The Bertz CT molecular complexity index is 598. The largest absolute Gasteiger partial charge is 0.496 e. The molecule has 4 heteroatoms. The van der Waals surface area contributed by atoms with Crippen LogP contribution in [-0.2, 0) is 4.74 Å². The molecule has 18 heavy (non-hydrogen) atoms. The van der Waals surface area contributed by atoms with Gasteiger partial charge < -0.3 is 9.47 Å². The van der Waals surface area contributed by atoms with Gasteiger partial charge in [0.2, 0.25) is 0 Å². The molecule has 0 radical (unpaired) electrons. The summed E-state index contributed by atoms with van der Waals surface area (Å²) in [5.74, 6) is 0.168. The van der Waals surface area contributed by atoms with Crippen molar-refractivity contribution in [1.82, 2.24) is 0 Å². The maximum atomic E-state index is 12.5. The SMILES string of the molecule is COc1cccc2c1C(=O)C1=C(CO[C@H]1C)C2=O. The Labute approximate surface area is 104 Å². The molecule has 4 nitrogen and oxygen atoms in total. The van der Waals surface area contributed by atoms with Gasteiger partial charge in [0, 0.05) is 16.7 Å². The maximum Gasteiger partial charge on any atom is 0.196 e. The molecule has 0 amide bonds. The summed E-state index contributed by atoms with van der Waals surface area (Å²) >= 11 is 0. The summed E-state index contributed by atoms with van der Waals surface area (Å²) < 4.78 is 10.6. The van der Waals surface area contributed by atoms with Gasteiger partial charge in [0.15, 0.2) is 11.6 Å². The molecule has 3 rings (SSSR count). The summed E-state index contributed by atoms with van der Waals surface area (Å²) in [5, 5.41) is 0. The zero-order valence-electron chi connectivity index (χ0n) is 10.1. The summed E-state index contributed by atoms with van der Waals surface area (Å²) in [6.45, 7) is 2.01. The molecule has 0 saturated carbocycles. The van der Waals surface area contributed by atoms with Gasteiger partial charge in [0.05, 0.1) is 25.4 Å². The minimum Gasteiger partial charge on any atom is -0.496 e. The molecule has 1 aliphatic heterocycles. The fraction of sp³-hybridized carbons (Fsp3) is 0.286. The molecule has 1 heterocycles. The summed E-state index contributed by atoms with van der Waals surface area (Å²) in [6.07, 6.45) is -0.325. The second-order valence-electron chi connectivity index (χ2n) is 4.39. The second-order valence-corrected chi connectivity index (χ2v) is 4.39. The highest BCUT2D eigenvalue weighted by molar-refractivity contribution is 6.28. The molecule has 1 aromatic carbocycles. The Morgan fingerprint density at radius 1 is 1.28 bits per heavy atom. The molecule has 1 aromatic rings. The lowest BCUT2D eigenvalue weighted by atomic mass is 9.83. The first kappa shape index (κ1) is 11.2. The number of rotatable bonds is 1. The van der Waals surface area contributed by atoms with Crippen molar-refractivity contribution >= 4 is 11.6 Å². The number of carbonyl (C=O) groups is 2. The van der Waals surface area contributed by atoms with Gasteiger partial charge in [0.25, 0.3) is 0 Å². The number of hydrogen-bond acceptors (Lipinski definition) is 4. The lowest BCUT2D eigenvalue weighted by Gasteiger charge is -2.19. The number of hydrogen-bond donors (Lipinski definition) is 0. The third-order valence-electron chi connectivity index (χ3n) is 3.45. The van der Waals surface area contributed by atoms with Crippen molar-refractivity contribution in [3.8, 4) is 5.75 Å². The van der Waals surface area contributed by atoms with E-state index in [0.717, 1.165) is 0 Å². The van der Waals surface area contributed by atoms with Gasteiger partial charge in [-0.2, -0.15) is 0 Å². The van der Waals surface area contributed by atoms with Crippen LogP contribution in [0, 0.1) is 0 Å². The molecule has 0 saturated heterocycles. The molecule has 0 N–H and O–H groups in total. The average Bonchev–Trinajstić information content (AvgIpc) is 2.77. The van der Waals surface area contributed by atoms with E-state index in [4.69, 9.17) is 9.47 Å². The summed E-state index contributed by atoms with van der Waals surface area (Å²) in [5.41, 5.74) is 1.75. The van der Waals surface area contributed by atoms with Crippen molar-refractivity contribution in [3.05, 3.63) is 40.5 Å². The van der Waals surface area contributed by atoms with Gasteiger partial charge in [-0.15, -0.1) is 0 Å². The van der Waals surface area contributed by atoms with Crippen LogP contribution in [0.15, 0.2) is 29.3 Å². The molecule has 1 aliphatic carbocycles. The van der Waals surface area contributed by atoms with Gasteiger partial charge in [-0.25, -0.2) is 0 Å². The molecule has 0 aromatic heterocycles. The predicted octanol–water partition coefficient (Wildman–Crippen LogP) is 1.79. The van der Waals surface area contributed by atoms with Gasteiger partial charge >= 0.3 is 0 Å². The minimum atomic E-state index is -0.325. The molecule has 1 atom stereocenters. The van der Waals surface area contributed by atoms with Crippen LogP contribution in [0.2, 0.25) is 0 Å². The van der Waals surface area contributed by atoms with Crippen molar-refractivity contribution in [2.24, 2.45) is 0 Å². The van der Waals surface area contributed by atoms with Crippen LogP contribution in [0.3, 0.4) is 0 Å². The molecule has 92 valence electrons. The quantitative estimate of drug-likeness (QED) is 0.755. The zero-order valence-corrected chi connectivity index (χ0v) is 10.1. The highest BCUT2D eigenvalue weighted by Gasteiger charge is 2.40. The van der Waals surface area contributed by atoms with E-state index in [-0.39, 0.29) is 24.3 Å². The fourth-order valence-electron chi connectivity index (χ4n) is 2.55. The highest BCUT2D eigenvalue weighted by atomic mass is 16.5. The van der Waals surface area contributed by atoms with Gasteiger partial charge in [-0.3, -0.25) is 9.59 Å². The fourth-order valence-corrected chi connectivity index (χ4v) is 2.55. The highest BCUT2D eigenvalue weighted by Crippen LogP contribution is 2.37. The molecule has 0 bridgehead atoms. The average molecular weight is 244 g/mol. The number of Topliss-reactive ketones (excluding diaryl/α,β-unsaturated/α-hetero) is 2. The Morgan fingerprint density at radius 2 is 2.06 bits per heavy atom. The van der Waals surface area contributed by atoms with Crippen molar-refractivity contribution in [1.29, 1.82) is 0 Å². The van der Waals surface area contributed by atoms with Crippen LogP contribution in [-0.4, -0.2) is 31.4 Å².